The summed E-state index contributed by atoms with van der Waals surface area (Å²) in [5.41, 5.74) is 1.94. The van der Waals surface area contributed by atoms with Gasteiger partial charge in [0.05, 0.1) is 17.4 Å². The van der Waals surface area contributed by atoms with Gasteiger partial charge in [0, 0.05) is 39.3 Å². The first-order chi connectivity index (χ1) is 14.9. The van der Waals surface area contributed by atoms with Crippen LogP contribution in [0.15, 0.2) is 65.7 Å². The molecule has 4 rings (SSSR count). The number of rotatable bonds is 4. The molecule has 0 N–H and O–H groups in total. The maximum Gasteiger partial charge on any atom is 0.243 e. The molecule has 7 nitrogen and oxygen atoms in total. The molecule has 2 amide bonds. The SMILES string of the molecule is CC(=O)N1C=Cc2ccccc2C1CC(=O)N1CCN(S(=O)(=O)c2ccccc2)CC1. The fourth-order valence-corrected chi connectivity index (χ4v) is 5.57. The Labute approximate surface area is 182 Å². The lowest BCUT2D eigenvalue weighted by Crippen LogP contribution is -2.51. The number of amides is 2. The van der Waals surface area contributed by atoms with Crippen molar-refractivity contribution in [1.29, 1.82) is 0 Å². The van der Waals surface area contributed by atoms with Gasteiger partial charge in [-0.15, -0.1) is 0 Å². The zero-order chi connectivity index (χ0) is 22.0. The number of carbonyl (C=O) groups is 2. The summed E-state index contributed by atoms with van der Waals surface area (Å²) in [4.78, 5) is 28.8. The number of carbonyl (C=O) groups excluding carboxylic acids is 2. The van der Waals surface area contributed by atoms with Crippen LogP contribution >= 0.6 is 0 Å². The van der Waals surface area contributed by atoms with Crippen LogP contribution in [0.2, 0.25) is 0 Å². The number of fused-ring (bicyclic) bond motifs is 1. The van der Waals surface area contributed by atoms with Gasteiger partial charge in [-0.25, -0.2) is 8.42 Å². The number of hydrogen-bond donors (Lipinski definition) is 0. The van der Waals surface area contributed by atoms with Crippen LogP contribution in [0.4, 0.5) is 0 Å². The van der Waals surface area contributed by atoms with Crippen molar-refractivity contribution in [2.75, 3.05) is 26.2 Å². The molecule has 2 aliphatic heterocycles. The summed E-state index contributed by atoms with van der Waals surface area (Å²) in [5, 5.41) is 0. The number of nitrogens with zero attached hydrogens (tertiary/aromatic N) is 3. The van der Waals surface area contributed by atoms with Crippen LogP contribution in [0.3, 0.4) is 0 Å². The van der Waals surface area contributed by atoms with Crippen molar-refractivity contribution in [2.24, 2.45) is 0 Å². The maximum absolute atomic E-state index is 13.1. The number of hydrogen-bond acceptors (Lipinski definition) is 4. The Morgan fingerprint density at radius 1 is 0.935 bits per heavy atom. The van der Waals surface area contributed by atoms with E-state index in [1.54, 1.807) is 46.3 Å². The second-order valence-electron chi connectivity index (χ2n) is 7.69. The van der Waals surface area contributed by atoms with Crippen LogP contribution in [-0.4, -0.2) is 60.5 Å². The largest absolute Gasteiger partial charge is 0.340 e. The molecule has 31 heavy (non-hydrogen) atoms. The third-order valence-electron chi connectivity index (χ3n) is 5.81. The number of piperazine rings is 1. The zero-order valence-electron chi connectivity index (χ0n) is 17.3. The Balaban J connectivity index is 1.44. The molecule has 0 aromatic heterocycles. The minimum Gasteiger partial charge on any atom is -0.340 e. The molecule has 2 aromatic carbocycles. The Morgan fingerprint density at radius 2 is 1.58 bits per heavy atom. The van der Waals surface area contributed by atoms with Crippen molar-refractivity contribution >= 4 is 27.9 Å². The van der Waals surface area contributed by atoms with E-state index < -0.39 is 10.0 Å². The van der Waals surface area contributed by atoms with Gasteiger partial charge < -0.3 is 9.80 Å². The first-order valence-electron chi connectivity index (χ1n) is 10.3. The van der Waals surface area contributed by atoms with E-state index in [2.05, 4.69) is 0 Å². The summed E-state index contributed by atoms with van der Waals surface area (Å²) < 4.78 is 27.0. The highest BCUT2D eigenvalue weighted by Gasteiger charge is 2.33. The Bertz CT molecular complexity index is 1110. The lowest BCUT2D eigenvalue weighted by Gasteiger charge is -2.37. The molecule has 0 spiro atoms. The van der Waals surface area contributed by atoms with E-state index in [0.717, 1.165) is 11.1 Å². The normalized spacial score (nSPS) is 19.2. The molecule has 2 aromatic rings. The molecule has 162 valence electrons. The molecular formula is C23H25N3O4S. The molecule has 0 aliphatic carbocycles. The van der Waals surface area contributed by atoms with E-state index in [1.165, 1.54) is 11.2 Å². The van der Waals surface area contributed by atoms with E-state index in [9.17, 15) is 18.0 Å². The summed E-state index contributed by atoms with van der Waals surface area (Å²) in [5.74, 6) is -0.208. The van der Waals surface area contributed by atoms with Crippen LogP contribution in [0.5, 0.6) is 0 Å². The standard InChI is InChI=1S/C23H25N3O4S/c1-18(27)26-12-11-19-7-5-6-10-21(19)22(26)17-23(28)24-13-15-25(16-14-24)31(29,30)20-8-3-2-4-9-20/h2-12,22H,13-17H2,1H3. The summed E-state index contributed by atoms with van der Waals surface area (Å²) in [7, 11) is -3.57. The summed E-state index contributed by atoms with van der Waals surface area (Å²) in [6.45, 7) is 2.65. The highest BCUT2D eigenvalue weighted by atomic mass is 32.2. The predicted molar refractivity (Wildman–Crippen MR) is 117 cm³/mol. The Hall–Kier alpha value is -2.97. The molecule has 0 saturated carbocycles. The third-order valence-corrected chi connectivity index (χ3v) is 7.72. The molecule has 2 aliphatic rings. The first kappa shape index (κ1) is 21.3. The fraction of sp³-hybridized carbons (Fsp3) is 0.304. The van der Waals surface area contributed by atoms with Gasteiger partial charge in [-0.3, -0.25) is 9.59 Å². The highest BCUT2D eigenvalue weighted by Crippen LogP contribution is 2.33. The maximum atomic E-state index is 13.1. The smallest absolute Gasteiger partial charge is 0.243 e. The second-order valence-corrected chi connectivity index (χ2v) is 9.63. The van der Waals surface area contributed by atoms with Crippen molar-refractivity contribution in [3.05, 3.63) is 71.9 Å². The topological polar surface area (TPSA) is 78.0 Å². The Morgan fingerprint density at radius 3 is 2.26 bits per heavy atom. The van der Waals surface area contributed by atoms with Gasteiger partial charge in [0.25, 0.3) is 0 Å². The third kappa shape index (κ3) is 4.26. The van der Waals surface area contributed by atoms with Crippen LogP contribution in [0.1, 0.15) is 30.5 Å². The molecule has 1 saturated heterocycles. The van der Waals surface area contributed by atoms with Gasteiger partial charge in [-0.05, 0) is 29.3 Å². The summed E-state index contributed by atoms with van der Waals surface area (Å²) >= 11 is 0. The van der Waals surface area contributed by atoms with Crippen molar-refractivity contribution in [3.63, 3.8) is 0 Å². The molecule has 0 radical (unpaired) electrons. The highest BCUT2D eigenvalue weighted by molar-refractivity contribution is 7.89. The van der Waals surface area contributed by atoms with Gasteiger partial charge in [0.1, 0.15) is 0 Å². The molecule has 1 unspecified atom stereocenters. The average molecular weight is 440 g/mol. The van der Waals surface area contributed by atoms with Crippen LogP contribution in [0, 0.1) is 0 Å². The molecule has 1 fully saturated rings. The monoisotopic (exact) mass is 439 g/mol. The van der Waals surface area contributed by atoms with Crippen molar-refractivity contribution < 1.29 is 18.0 Å². The van der Waals surface area contributed by atoms with E-state index >= 15 is 0 Å². The Kier molecular flexibility index (Phi) is 5.93. The minimum atomic E-state index is -3.57. The van der Waals surface area contributed by atoms with Crippen LogP contribution in [-0.2, 0) is 19.6 Å². The van der Waals surface area contributed by atoms with Crippen molar-refractivity contribution in [2.45, 2.75) is 24.3 Å². The van der Waals surface area contributed by atoms with E-state index in [4.69, 9.17) is 0 Å². The lowest BCUT2D eigenvalue weighted by molar-refractivity contribution is -0.135. The van der Waals surface area contributed by atoms with Gasteiger partial charge >= 0.3 is 0 Å². The molecule has 1 atom stereocenters. The van der Waals surface area contributed by atoms with Crippen LogP contribution < -0.4 is 0 Å². The molecular weight excluding hydrogens is 414 g/mol. The number of sulfonamides is 1. The van der Waals surface area contributed by atoms with E-state index in [-0.39, 0.29) is 42.3 Å². The fourth-order valence-electron chi connectivity index (χ4n) is 4.13. The second kappa shape index (κ2) is 8.64. The lowest BCUT2D eigenvalue weighted by atomic mass is 9.93. The average Bonchev–Trinajstić information content (AvgIpc) is 2.79. The zero-order valence-corrected chi connectivity index (χ0v) is 18.2. The van der Waals surface area contributed by atoms with E-state index in [1.807, 2.05) is 30.3 Å². The van der Waals surface area contributed by atoms with E-state index in [0.29, 0.717) is 13.1 Å². The van der Waals surface area contributed by atoms with Gasteiger partial charge in [-0.1, -0.05) is 42.5 Å². The quantitative estimate of drug-likeness (QED) is 0.733. The van der Waals surface area contributed by atoms with Crippen LogP contribution in [0.25, 0.3) is 6.08 Å². The molecule has 2 heterocycles. The van der Waals surface area contributed by atoms with Gasteiger partial charge in [-0.2, -0.15) is 4.31 Å². The first-order valence-corrected chi connectivity index (χ1v) is 11.7. The molecule has 0 bridgehead atoms. The summed E-state index contributed by atoms with van der Waals surface area (Å²) in [6, 6.07) is 15.7. The predicted octanol–water partition coefficient (Wildman–Crippen LogP) is 2.48. The van der Waals surface area contributed by atoms with Gasteiger partial charge in [0.15, 0.2) is 0 Å². The van der Waals surface area contributed by atoms with Crippen molar-refractivity contribution in [1.82, 2.24) is 14.1 Å². The summed E-state index contributed by atoms with van der Waals surface area (Å²) in [6.07, 6.45) is 3.77. The number of benzene rings is 2. The molecule has 8 heteroatoms. The minimum absolute atomic E-state index is 0.0851. The van der Waals surface area contributed by atoms with Crippen molar-refractivity contribution in [3.8, 4) is 0 Å². The van der Waals surface area contributed by atoms with Gasteiger partial charge in [0.2, 0.25) is 21.8 Å².